The monoisotopic (exact) mass is 288 g/mol. The predicted octanol–water partition coefficient (Wildman–Crippen LogP) is 3.12. The Morgan fingerprint density at radius 2 is 1.95 bits per heavy atom. The fourth-order valence-electron chi connectivity index (χ4n) is 2.75. The molecule has 0 spiro atoms. The van der Waals surface area contributed by atoms with Crippen LogP contribution in [0.1, 0.15) is 30.0 Å². The van der Waals surface area contributed by atoms with Crippen LogP contribution in [-0.2, 0) is 6.54 Å². The van der Waals surface area contributed by atoms with Gasteiger partial charge in [-0.25, -0.2) is 0 Å². The Morgan fingerprint density at radius 1 is 1.24 bits per heavy atom. The van der Waals surface area contributed by atoms with Crippen LogP contribution >= 0.6 is 0 Å². The van der Waals surface area contributed by atoms with E-state index < -0.39 is 0 Å². The summed E-state index contributed by atoms with van der Waals surface area (Å²) in [5.74, 6) is 2.73. The van der Waals surface area contributed by atoms with Gasteiger partial charge in [0.25, 0.3) is 0 Å². The Morgan fingerprint density at radius 3 is 2.52 bits per heavy atom. The first-order valence-electron chi connectivity index (χ1n) is 7.17. The highest BCUT2D eigenvalue weighted by Gasteiger charge is 2.24. The van der Waals surface area contributed by atoms with E-state index in [1.54, 1.807) is 7.11 Å². The van der Waals surface area contributed by atoms with Crippen molar-refractivity contribution in [2.45, 2.75) is 32.5 Å². The van der Waals surface area contributed by atoms with Crippen molar-refractivity contribution < 1.29 is 9.15 Å². The molecule has 2 rings (SSSR count). The van der Waals surface area contributed by atoms with E-state index in [0.717, 1.165) is 22.8 Å². The third-order valence-corrected chi connectivity index (χ3v) is 3.63. The molecule has 0 fully saturated rings. The maximum Gasteiger partial charge on any atom is 0.123 e. The lowest BCUT2D eigenvalue weighted by molar-refractivity contribution is 0.191. The minimum Gasteiger partial charge on any atom is -0.496 e. The number of ether oxygens (including phenoxy) is 1. The Labute approximate surface area is 126 Å². The molecule has 0 bridgehead atoms. The number of nitrogens with two attached hydrogens (primary N) is 1. The second-order valence-electron chi connectivity index (χ2n) is 5.47. The molecular formula is C17H24N2O2. The molecule has 4 nitrogen and oxygen atoms in total. The van der Waals surface area contributed by atoms with Crippen LogP contribution in [-0.4, -0.2) is 25.1 Å². The fraction of sp³-hybridized carbons (Fsp3) is 0.412. The van der Waals surface area contributed by atoms with Crippen LogP contribution in [0.15, 0.2) is 40.8 Å². The van der Waals surface area contributed by atoms with Crippen LogP contribution in [0, 0.1) is 6.92 Å². The summed E-state index contributed by atoms with van der Waals surface area (Å²) in [7, 11) is 3.74. The minimum absolute atomic E-state index is 0.0256. The number of para-hydroxylation sites is 1. The van der Waals surface area contributed by atoms with Crippen LogP contribution in [0.3, 0.4) is 0 Å². The largest absolute Gasteiger partial charge is 0.496 e. The maximum atomic E-state index is 6.22. The van der Waals surface area contributed by atoms with E-state index in [0.29, 0.717) is 6.54 Å². The summed E-state index contributed by atoms with van der Waals surface area (Å²) in [4.78, 5) is 2.20. The van der Waals surface area contributed by atoms with E-state index >= 15 is 0 Å². The first-order chi connectivity index (χ1) is 10.0. The third kappa shape index (κ3) is 3.65. The second kappa shape index (κ2) is 6.78. The number of hydrogen-bond donors (Lipinski definition) is 1. The fourth-order valence-corrected chi connectivity index (χ4v) is 2.75. The standard InChI is InChI=1S/C17H24N2O2/c1-12-9-10-14(21-12)11-19(3)17(13(2)18)15-7-5-6-8-16(15)20-4/h5-10,13,17H,11,18H2,1-4H3. The van der Waals surface area contributed by atoms with Gasteiger partial charge in [-0.05, 0) is 39.1 Å². The van der Waals surface area contributed by atoms with Gasteiger partial charge >= 0.3 is 0 Å². The highest BCUT2D eigenvalue weighted by atomic mass is 16.5. The highest BCUT2D eigenvalue weighted by Crippen LogP contribution is 2.31. The number of rotatable bonds is 6. The summed E-state index contributed by atoms with van der Waals surface area (Å²) in [6, 6.07) is 12.0. The lowest BCUT2D eigenvalue weighted by Crippen LogP contribution is -2.37. The van der Waals surface area contributed by atoms with Crippen molar-refractivity contribution in [2.24, 2.45) is 5.73 Å². The molecule has 0 saturated carbocycles. The van der Waals surface area contributed by atoms with Crippen LogP contribution in [0.4, 0.5) is 0 Å². The van der Waals surface area contributed by atoms with Gasteiger partial charge in [0.05, 0.1) is 19.7 Å². The molecule has 2 aromatic rings. The summed E-state index contributed by atoms with van der Waals surface area (Å²) < 4.78 is 11.1. The first kappa shape index (κ1) is 15.6. The SMILES string of the molecule is COc1ccccc1C(C(C)N)N(C)Cc1ccc(C)o1. The summed E-state index contributed by atoms with van der Waals surface area (Å²) >= 11 is 0. The van der Waals surface area contributed by atoms with Gasteiger partial charge in [-0.2, -0.15) is 0 Å². The molecule has 0 aliphatic heterocycles. The average molecular weight is 288 g/mol. The number of benzene rings is 1. The summed E-state index contributed by atoms with van der Waals surface area (Å²) in [5, 5.41) is 0. The van der Waals surface area contributed by atoms with Crippen molar-refractivity contribution in [1.29, 1.82) is 0 Å². The zero-order valence-corrected chi connectivity index (χ0v) is 13.2. The average Bonchev–Trinajstić information content (AvgIpc) is 2.84. The number of likely N-dealkylation sites (N-methyl/N-ethyl adjacent to an activating group) is 1. The van der Waals surface area contributed by atoms with Crippen LogP contribution in [0.5, 0.6) is 5.75 Å². The van der Waals surface area contributed by atoms with Crippen molar-refractivity contribution in [2.75, 3.05) is 14.2 Å². The number of methoxy groups -OCH3 is 1. The van der Waals surface area contributed by atoms with E-state index in [1.807, 2.05) is 44.2 Å². The van der Waals surface area contributed by atoms with Crippen LogP contribution in [0.25, 0.3) is 0 Å². The topological polar surface area (TPSA) is 51.6 Å². The second-order valence-corrected chi connectivity index (χ2v) is 5.47. The molecular weight excluding hydrogens is 264 g/mol. The minimum atomic E-state index is -0.0256. The number of furan rings is 1. The highest BCUT2D eigenvalue weighted by molar-refractivity contribution is 5.36. The van der Waals surface area contributed by atoms with E-state index in [1.165, 1.54) is 0 Å². The van der Waals surface area contributed by atoms with Crippen molar-refractivity contribution in [1.82, 2.24) is 4.90 Å². The van der Waals surface area contributed by atoms with Gasteiger partial charge in [0, 0.05) is 11.6 Å². The molecule has 2 atom stereocenters. The van der Waals surface area contributed by atoms with Crippen molar-refractivity contribution in [3.63, 3.8) is 0 Å². The van der Waals surface area contributed by atoms with E-state index in [2.05, 4.69) is 18.0 Å². The summed E-state index contributed by atoms with van der Waals surface area (Å²) in [6.07, 6.45) is 0. The zero-order chi connectivity index (χ0) is 15.4. The van der Waals surface area contributed by atoms with Crippen LogP contribution in [0.2, 0.25) is 0 Å². The van der Waals surface area contributed by atoms with Gasteiger partial charge in [0.15, 0.2) is 0 Å². The van der Waals surface area contributed by atoms with E-state index in [-0.39, 0.29) is 12.1 Å². The lowest BCUT2D eigenvalue weighted by Gasteiger charge is -2.31. The molecule has 114 valence electrons. The summed E-state index contributed by atoms with van der Waals surface area (Å²) in [5.41, 5.74) is 7.32. The van der Waals surface area contributed by atoms with Crippen molar-refractivity contribution >= 4 is 0 Å². The van der Waals surface area contributed by atoms with E-state index in [4.69, 9.17) is 14.9 Å². The molecule has 0 aliphatic carbocycles. The molecule has 2 N–H and O–H groups in total. The van der Waals surface area contributed by atoms with E-state index in [9.17, 15) is 0 Å². The molecule has 2 unspecified atom stereocenters. The van der Waals surface area contributed by atoms with Gasteiger partial charge in [0.1, 0.15) is 17.3 Å². The molecule has 1 aromatic carbocycles. The van der Waals surface area contributed by atoms with Crippen molar-refractivity contribution in [3.8, 4) is 5.75 Å². The Kier molecular flexibility index (Phi) is 5.04. The number of nitrogens with zero attached hydrogens (tertiary/aromatic N) is 1. The zero-order valence-electron chi connectivity index (χ0n) is 13.2. The molecule has 0 radical (unpaired) electrons. The van der Waals surface area contributed by atoms with Crippen LogP contribution < -0.4 is 10.5 Å². The molecule has 0 saturated heterocycles. The normalized spacial score (nSPS) is 14.2. The lowest BCUT2D eigenvalue weighted by atomic mass is 9.98. The molecule has 1 aromatic heterocycles. The molecule has 4 heteroatoms. The number of hydrogen-bond acceptors (Lipinski definition) is 4. The van der Waals surface area contributed by atoms with Crippen molar-refractivity contribution in [3.05, 3.63) is 53.5 Å². The Balaban J connectivity index is 2.25. The predicted molar refractivity (Wildman–Crippen MR) is 84.3 cm³/mol. The van der Waals surface area contributed by atoms with Gasteiger partial charge in [-0.3, -0.25) is 4.90 Å². The Bertz CT molecular complexity index is 578. The quantitative estimate of drug-likeness (QED) is 0.887. The first-order valence-corrected chi connectivity index (χ1v) is 7.17. The van der Waals surface area contributed by atoms with Gasteiger partial charge in [-0.15, -0.1) is 0 Å². The Hall–Kier alpha value is -1.78. The van der Waals surface area contributed by atoms with Gasteiger partial charge in [-0.1, -0.05) is 18.2 Å². The third-order valence-electron chi connectivity index (χ3n) is 3.63. The van der Waals surface area contributed by atoms with Gasteiger partial charge < -0.3 is 14.9 Å². The van der Waals surface area contributed by atoms with Gasteiger partial charge in [0.2, 0.25) is 0 Å². The summed E-state index contributed by atoms with van der Waals surface area (Å²) in [6.45, 7) is 4.67. The smallest absolute Gasteiger partial charge is 0.123 e. The maximum absolute atomic E-state index is 6.22. The molecule has 1 heterocycles. The molecule has 0 aliphatic rings. The number of aryl methyl sites for hydroxylation is 1. The molecule has 21 heavy (non-hydrogen) atoms. The molecule has 0 amide bonds.